The molecule has 0 bridgehead atoms. The summed E-state index contributed by atoms with van der Waals surface area (Å²) in [5.41, 5.74) is 1.14. The molecule has 4 amide bonds. The summed E-state index contributed by atoms with van der Waals surface area (Å²) in [5, 5.41) is 7.45. The fourth-order valence-corrected chi connectivity index (χ4v) is 3.38. The first-order valence-corrected chi connectivity index (χ1v) is 9.76. The number of anilines is 2. The molecule has 0 saturated carbocycles. The molecule has 0 radical (unpaired) electrons. The molecular formula is C21H22N4O6. The van der Waals surface area contributed by atoms with Gasteiger partial charge in [-0.2, -0.15) is 0 Å². The molecule has 0 aliphatic carbocycles. The lowest BCUT2D eigenvalue weighted by Crippen LogP contribution is -2.51. The summed E-state index contributed by atoms with van der Waals surface area (Å²) in [6, 6.07) is 11.4. The van der Waals surface area contributed by atoms with Crippen molar-refractivity contribution in [2.45, 2.75) is 6.10 Å². The van der Waals surface area contributed by atoms with E-state index in [4.69, 9.17) is 14.2 Å². The summed E-state index contributed by atoms with van der Waals surface area (Å²) in [7, 11) is 1.52. The Balaban J connectivity index is 1.38. The molecule has 2 heterocycles. The number of para-hydroxylation sites is 2. The molecule has 0 aromatic heterocycles. The Labute approximate surface area is 178 Å². The first kappa shape index (κ1) is 20.3. The largest absolute Gasteiger partial charge is 0.486 e. The van der Waals surface area contributed by atoms with Gasteiger partial charge in [0.15, 0.2) is 17.6 Å². The van der Waals surface area contributed by atoms with E-state index in [0.717, 1.165) is 0 Å². The number of nitrogens with one attached hydrogen (secondary N) is 3. The predicted molar refractivity (Wildman–Crippen MR) is 112 cm³/mol. The summed E-state index contributed by atoms with van der Waals surface area (Å²) >= 11 is 0. The van der Waals surface area contributed by atoms with E-state index in [1.54, 1.807) is 41.3 Å². The van der Waals surface area contributed by atoms with E-state index in [0.29, 0.717) is 41.8 Å². The Morgan fingerprint density at radius 3 is 2.61 bits per heavy atom. The number of ether oxygens (including phenoxy) is 3. The van der Waals surface area contributed by atoms with Gasteiger partial charge in [0.2, 0.25) is 5.91 Å². The molecule has 2 aromatic rings. The number of hydrogen-bond donors (Lipinski definition) is 3. The van der Waals surface area contributed by atoms with Crippen LogP contribution >= 0.6 is 0 Å². The second kappa shape index (κ2) is 8.82. The van der Waals surface area contributed by atoms with Crippen molar-refractivity contribution in [3.05, 3.63) is 42.5 Å². The monoisotopic (exact) mass is 426 g/mol. The molecule has 2 aliphatic rings. The molecule has 0 fully saturated rings. The fourth-order valence-electron chi connectivity index (χ4n) is 3.38. The zero-order valence-corrected chi connectivity index (χ0v) is 16.8. The minimum atomic E-state index is -0.765. The third-order valence-electron chi connectivity index (χ3n) is 4.79. The molecule has 2 aromatic carbocycles. The Kier molecular flexibility index (Phi) is 5.78. The number of benzene rings is 2. The molecule has 162 valence electrons. The molecule has 0 saturated heterocycles. The van der Waals surface area contributed by atoms with Crippen LogP contribution in [-0.2, 0) is 9.59 Å². The van der Waals surface area contributed by atoms with E-state index in [1.165, 1.54) is 7.05 Å². The molecule has 1 unspecified atom stereocenters. The molecule has 3 N–H and O–H groups in total. The van der Waals surface area contributed by atoms with Gasteiger partial charge in [-0.15, -0.1) is 0 Å². The van der Waals surface area contributed by atoms with Crippen molar-refractivity contribution in [1.82, 2.24) is 10.6 Å². The van der Waals surface area contributed by atoms with E-state index < -0.39 is 18.0 Å². The minimum Gasteiger partial charge on any atom is -0.486 e. The van der Waals surface area contributed by atoms with Crippen molar-refractivity contribution in [2.75, 3.05) is 43.6 Å². The number of amides is 4. The highest BCUT2D eigenvalue weighted by atomic mass is 16.6. The molecule has 0 spiro atoms. The van der Waals surface area contributed by atoms with E-state index in [1.807, 2.05) is 6.07 Å². The van der Waals surface area contributed by atoms with Crippen LogP contribution in [0.1, 0.15) is 0 Å². The number of rotatable bonds is 4. The van der Waals surface area contributed by atoms with E-state index in [-0.39, 0.29) is 19.0 Å². The normalized spacial score (nSPS) is 16.4. The van der Waals surface area contributed by atoms with Crippen molar-refractivity contribution in [1.29, 1.82) is 0 Å². The van der Waals surface area contributed by atoms with Crippen LogP contribution < -0.4 is 35.1 Å². The average molecular weight is 426 g/mol. The molecule has 10 heteroatoms. The molecule has 31 heavy (non-hydrogen) atoms. The van der Waals surface area contributed by atoms with Gasteiger partial charge in [-0.1, -0.05) is 12.1 Å². The van der Waals surface area contributed by atoms with Crippen LogP contribution in [0.5, 0.6) is 17.2 Å². The summed E-state index contributed by atoms with van der Waals surface area (Å²) in [6.07, 6.45) is -0.765. The van der Waals surface area contributed by atoms with Crippen LogP contribution in [0.25, 0.3) is 0 Å². The van der Waals surface area contributed by atoms with E-state index in [2.05, 4.69) is 16.0 Å². The van der Waals surface area contributed by atoms with Crippen molar-refractivity contribution >= 4 is 29.2 Å². The number of carbonyl (C=O) groups excluding carboxylic acids is 3. The van der Waals surface area contributed by atoms with Gasteiger partial charge in [0.05, 0.1) is 18.8 Å². The number of nitrogens with zero attached hydrogens (tertiary/aromatic N) is 1. The second-order valence-electron chi connectivity index (χ2n) is 6.93. The molecule has 2 aliphatic heterocycles. The number of likely N-dealkylation sites (N-methyl/N-ethyl adjacent to an activating group) is 1. The predicted octanol–water partition coefficient (Wildman–Crippen LogP) is 1.12. The highest BCUT2D eigenvalue weighted by molar-refractivity contribution is 6.02. The Morgan fingerprint density at radius 1 is 1.03 bits per heavy atom. The standard InChI is InChI=1S/C21H22N4O6/c1-22-20(27)18-11-25(14-4-2-3-5-15(14)31-18)12-19(26)24-21(28)23-13-6-7-16-17(10-13)30-9-8-29-16/h2-7,10,18H,8-9,11-12H2,1H3,(H,22,27)(H2,23,24,26,28). The zero-order chi connectivity index (χ0) is 21.8. The van der Waals surface area contributed by atoms with E-state index in [9.17, 15) is 14.4 Å². The summed E-state index contributed by atoms with van der Waals surface area (Å²) in [4.78, 5) is 38.5. The summed E-state index contributed by atoms with van der Waals surface area (Å²) in [5.74, 6) is 0.806. The van der Waals surface area contributed by atoms with Gasteiger partial charge in [0.25, 0.3) is 5.91 Å². The Bertz CT molecular complexity index is 1010. The molecule has 1 atom stereocenters. The lowest BCUT2D eigenvalue weighted by atomic mass is 10.1. The van der Waals surface area contributed by atoms with Crippen LogP contribution in [-0.4, -0.2) is 57.3 Å². The maximum absolute atomic E-state index is 12.5. The lowest BCUT2D eigenvalue weighted by molar-refractivity contribution is -0.127. The number of hydrogen-bond acceptors (Lipinski definition) is 7. The van der Waals surface area contributed by atoms with Gasteiger partial charge in [-0.3, -0.25) is 14.9 Å². The highest BCUT2D eigenvalue weighted by Crippen LogP contribution is 2.33. The van der Waals surface area contributed by atoms with Gasteiger partial charge in [0, 0.05) is 18.8 Å². The quantitative estimate of drug-likeness (QED) is 0.671. The van der Waals surface area contributed by atoms with Gasteiger partial charge in [-0.25, -0.2) is 4.79 Å². The first-order valence-electron chi connectivity index (χ1n) is 9.76. The maximum atomic E-state index is 12.5. The van der Waals surface area contributed by atoms with Crippen LogP contribution in [0.3, 0.4) is 0 Å². The van der Waals surface area contributed by atoms with Gasteiger partial charge >= 0.3 is 6.03 Å². The number of urea groups is 1. The molecule has 10 nitrogen and oxygen atoms in total. The summed E-state index contributed by atoms with van der Waals surface area (Å²) in [6.45, 7) is 0.954. The van der Waals surface area contributed by atoms with Crippen LogP contribution in [0.15, 0.2) is 42.5 Å². The Hall–Kier alpha value is -3.95. The van der Waals surface area contributed by atoms with Crippen LogP contribution in [0, 0.1) is 0 Å². The topological polar surface area (TPSA) is 118 Å². The van der Waals surface area contributed by atoms with Crippen molar-refractivity contribution in [3.63, 3.8) is 0 Å². The first-order chi connectivity index (χ1) is 15.0. The maximum Gasteiger partial charge on any atom is 0.325 e. The van der Waals surface area contributed by atoms with Crippen LogP contribution in [0.2, 0.25) is 0 Å². The minimum absolute atomic E-state index is 0.123. The van der Waals surface area contributed by atoms with Crippen molar-refractivity contribution in [2.24, 2.45) is 0 Å². The molecular weight excluding hydrogens is 404 g/mol. The summed E-state index contributed by atoms with van der Waals surface area (Å²) < 4.78 is 16.6. The van der Waals surface area contributed by atoms with Gasteiger partial charge < -0.3 is 29.7 Å². The lowest BCUT2D eigenvalue weighted by Gasteiger charge is -2.34. The second-order valence-corrected chi connectivity index (χ2v) is 6.93. The van der Waals surface area contributed by atoms with Crippen LogP contribution in [0.4, 0.5) is 16.2 Å². The Morgan fingerprint density at radius 2 is 1.81 bits per heavy atom. The third-order valence-corrected chi connectivity index (χ3v) is 4.79. The van der Waals surface area contributed by atoms with Gasteiger partial charge in [-0.05, 0) is 24.3 Å². The van der Waals surface area contributed by atoms with Crippen molar-refractivity contribution < 1.29 is 28.6 Å². The van der Waals surface area contributed by atoms with E-state index >= 15 is 0 Å². The fraction of sp³-hybridized carbons (Fsp3) is 0.286. The SMILES string of the molecule is CNC(=O)C1CN(CC(=O)NC(=O)Nc2ccc3c(c2)OCCO3)c2ccccc2O1. The average Bonchev–Trinajstić information content (AvgIpc) is 2.78. The third kappa shape index (κ3) is 4.63. The number of fused-ring (bicyclic) bond motifs is 2. The zero-order valence-electron chi connectivity index (χ0n) is 16.8. The molecule has 4 rings (SSSR count). The smallest absolute Gasteiger partial charge is 0.325 e. The highest BCUT2D eigenvalue weighted by Gasteiger charge is 2.31. The number of carbonyl (C=O) groups is 3. The van der Waals surface area contributed by atoms with Crippen molar-refractivity contribution in [3.8, 4) is 17.2 Å². The number of imide groups is 1. The van der Waals surface area contributed by atoms with Gasteiger partial charge in [0.1, 0.15) is 19.0 Å².